The normalized spacial score (nSPS) is 13.9. The van der Waals surface area contributed by atoms with Crippen molar-refractivity contribution in [3.05, 3.63) is 66.1 Å². The Balaban J connectivity index is 1.18. The molecule has 0 radical (unpaired) electrons. The van der Waals surface area contributed by atoms with Crippen LogP contribution >= 0.6 is 0 Å². The highest BCUT2D eigenvalue weighted by molar-refractivity contribution is 5.95. The number of amides is 1. The van der Waals surface area contributed by atoms with Gasteiger partial charge in [0, 0.05) is 18.2 Å². The fourth-order valence-corrected chi connectivity index (χ4v) is 4.24. The first-order valence-electron chi connectivity index (χ1n) is 12.3. The molecule has 0 saturated carbocycles. The maximum atomic E-state index is 12.4. The van der Waals surface area contributed by atoms with Crippen molar-refractivity contribution in [3.8, 4) is 11.7 Å². The van der Waals surface area contributed by atoms with Gasteiger partial charge in [0.05, 0.1) is 24.9 Å². The van der Waals surface area contributed by atoms with Crippen LogP contribution in [0.1, 0.15) is 35.2 Å². The smallest absolute Gasteiger partial charge is 0.251 e. The summed E-state index contributed by atoms with van der Waals surface area (Å²) in [5.74, 6) is 1.52. The molecule has 4 aromatic rings. The zero-order chi connectivity index (χ0) is 25.5. The fourth-order valence-electron chi connectivity index (χ4n) is 4.24. The van der Waals surface area contributed by atoms with Gasteiger partial charge in [-0.2, -0.15) is 19.9 Å². The number of ether oxygens (including phenoxy) is 1. The lowest BCUT2D eigenvalue weighted by atomic mass is 10.1. The van der Waals surface area contributed by atoms with E-state index < -0.39 is 0 Å². The molecule has 1 aliphatic rings. The number of fused-ring (bicyclic) bond motifs is 1. The average molecular weight is 500 g/mol. The Morgan fingerprint density at radius 3 is 2.78 bits per heavy atom. The number of rotatable bonds is 10. The molecule has 0 unspecified atom stereocenters. The predicted molar refractivity (Wildman–Crippen MR) is 141 cm³/mol. The van der Waals surface area contributed by atoms with E-state index in [4.69, 9.17) is 4.74 Å². The van der Waals surface area contributed by atoms with Crippen LogP contribution in [-0.4, -0.2) is 75.0 Å². The van der Waals surface area contributed by atoms with Crippen molar-refractivity contribution in [2.75, 3.05) is 38.7 Å². The first-order valence-corrected chi connectivity index (χ1v) is 12.3. The van der Waals surface area contributed by atoms with E-state index in [1.54, 1.807) is 42.4 Å². The molecular weight excluding hydrogens is 470 g/mol. The minimum absolute atomic E-state index is 0.0612. The summed E-state index contributed by atoms with van der Waals surface area (Å²) in [6.45, 7) is 4.08. The first-order chi connectivity index (χ1) is 18.2. The van der Waals surface area contributed by atoms with Crippen LogP contribution in [0.4, 0.5) is 5.82 Å². The van der Waals surface area contributed by atoms with Crippen LogP contribution in [0, 0.1) is 0 Å². The topological polar surface area (TPSA) is 122 Å². The highest BCUT2D eigenvalue weighted by Gasteiger charge is 2.13. The number of anilines is 1. The summed E-state index contributed by atoms with van der Waals surface area (Å²) in [7, 11) is 1.56. The number of methoxy groups -OCH3 is 1. The van der Waals surface area contributed by atoms with E-state index in [0.29, 0.717) is 40.7 Å². The summed E-state index contributed by atoms with van der Waals surface area (Å²) >= 11 is 0. The van der Waals surface area contributed by atoms with E-state index in [1.165, 1.54) is 32.3 Å². The molecule has 11 nitrogen and oxygen atoms in total. The van der Waals surface area contributed by atoms with Crippen LogP contribution in [0.2, 0.25) is 0 Å². The molecular formula is C26H29N9O2. The summed E-state index contributed by atoms with van der Waals surface area (Å²) in [5, 5.41) is 12.4. The Morgan fingerprint density at radius 1 is 1.14 bits per heavy atom. The molecule has 0 aliphatic carbocycles. The van der Waals surface area contributed by atoms with Crippen LogP contribution < -0.4 is 15.5 Å². The predicted octanol–water partition coefficient (Wildman–Crippen LogP) is 2.88. The number of pyridine rings is 1. The summed E-state index contributed by atoms with van der Waals surface area (Å²) in [6, 6.07) is 12.7. The van der Waals surface area contributed by atoms with Gasteiger partial charge in [-0.15, -0.1) is 0 Å². The number of benzene rings is 1. The number of nitrogens with one attached hydrogen (secondary N) is 2. The van der Waals surface area contributed by atoms with Gasteiger partial charge >= 0.3 is 0 Å². The number of hydrogen-bond donors (Lipinski definition) is 2. The Hall–Kier alpha value is -4.38. The Morgan fingerprint density at radius 2 is 1.97 bits per heavy atom. The Kier molecular flexibility index (Phi) is 7.60. The maximum Gasteiger partial charge on any atom is 0.251 e. The molecule has 1 aliphatic heterocycles. The van der Waals surface area contributed by atoms with Gasteiger partial charge < -0.3 is 15.0 Å². The molecule has 1 fully saturated rings. The summed E-state index contributed by atoms with van der Waals surface area (Å²) in [6.07, 6.45) is 8.30. The van der Waals surface area contributed by atoms with Crippen LogP contribution in [0.25, 0.3) is 16.9 Å². The van der Waals surface area contributed by atoms with E-state index in [-0.39, 0.29) is 5.91 Å². The highest BCUT2D eigenvalue weighted by atomic mass is 16.5. The lowest BCUT2D eigenvalue weighted by Crippen LogP contribution is -2.28. The van der Waals surface area contributed by atoms with Crippen LogP contribution in [0.5, 0.6) is 5.88 Å². The molecule has 4 heterocycles. The molecule has 1 saturated heterocycles. The van der Waals surface area contributed by atoms with E-state index in [2.05, 4.69) is 40.8 Å². The first kappa shape index (κ1) is 24.3. The SMILES string of the molecule is COc1cccc(-n2ncc3c(N/N=C\c4ccc(C(=O)NCCCN5CCCC5)cc4)ncnc32)n1. The summed E-state index contributed by atoms with van der Waals surface area (Å²) in [5.41, 5.74) is 5.02. The quantitative estimate of drug-likeness (QED) is 0.194. The number of nitrogens with zero attached hydrogens (tertiary/aromatic N) is 7. The molecule has 190 valence electrons. The van der Waals surface area contributed by atoms with Crippen molar-refractivity contribution < 1.29 is 9.53 Å². The number of aromatic nitrogens is 5. The lowest BCUT2D eigenvalue weighted by molar-refractivity contribution is 0.0952. The Bertz CT molecular complexity index is 1380. The largest absolute Gasteiger partial charge is 0.481 e. The molecule has 37 heavy (non-hydrogen) atoms. The van der Waals surface area contributed by atoms with E-state index in [0.717, 1.165) is 18.5 Å². The van der Waals surface area contributed by atoms with Crippen LogP contribution in [-0.2, 0) is 0 Å². The lowest BCUT2D eigenvalue weighted by Gasteiger charge is -2.14. The number of hydrogen-bond acceptors (Lipinski definition) is 9. The second-order valence-corrected chi connectivity index (χ2v) is 8.70. The van der Waals surface area contributed by atoms with Gasteiger partial charge in [-0.1, -0.05) is 18.2 Å². The van der Waals surface area contributed by atoms with Crippen molar-refractivity contribution in [2.45, 2.75) is 19.3 Å². The van der Waals surface area contributed by atoms with Crippen molar-refractivity contribution in [3.63, 3.8) is 0 Å². The van der Waals surface area contributed by atoms with Crippen molar-refractivity contribution in [2.24, 2.45) is 5.10 Å². The minimum atomic E-state index is -0.0612. The van der Waals surface area contributed by atoms with Gasteiger partial charge in [-0.3, -0.25) is 10.2 Å². The summed E-state index contributed by atoms with van der Waals surface area (Å²) < 4.78 is 6.82. The van der Waals surface area contributed by atoms with E-state index in [9.17, 15) is 4.79 Å². The number of carbonyl (C=O) groups is 1. The van der Waals surface area contributed by atoms with Crippen molar-refractivity contribution in [1.29, 1.82) is 0 Å². The van der Waals surface area contributed by atoms with Gasteiger partial charge in [0.2, 0.25) is 5.88 Å². The number of likely N-dealkylation sites (tertiary alicyclic amines) is 1. The molecule has 11 heteroatoms. The molecule has 1 amide bonds. The second kappa shape index (κ2) is 11.6. The fraction of sp³-hybridized carbons (Fsp3) is 0.308. The number of carbonyl (C=O) groups excluding carboxylic acids is 1. The number of hydrazone groups is 1. The van der Waals surface area contributed by atoms with Crippen molar-refractivity contribution >= 4 is 29.0 Å². The zero-order valence-corrected chi connectivity index (χ0v) is 20.7. The standard InChI is InChI=1S/C26H29N9O2/c1-37-23-7-4-6-22(32-23)35-25-21(17-31-35)24(28-18-29-25)33-30-16-19-8-10-20(11-9-19)26(36)27-12-5-15-34-13-2-3-14-34/h4,6-11,16-18H,2-3,5,12-15H2,1H3,(H,27,36)(H,28,29,33)/b30-16-. The van der Waals surface area contributed by atoms with Gasteiger partial charge in [-0.25, -0.2) is 9.97 Å². The van der Waals surface area contributed by atoms with Gasteiger partial charge in [0.25, 0.3) is 5.91 Å². The highest BCUT2D eigenvalue weighted by Crippen LogP contribution is 2.21. The van der Waals surface area contributed by atoms with Crippen molar-refractivity contribution in [1.82, 2.24) is 34.9 Å². The molecule has 5 rings (SSSR count). The van der Waals surface area contributed by atoms with Gasteiger partial charge in [0.1, 0.15) is 6.33 Å². The molecule has 2 N–H and O–H groups in total. The third-order valence-electron chi connectivity index (χ3n) is 6.19. The minimum Gasteiger partial charge on any atom is -0.481 e. The van der Waals surface area contributed by atoms with Crippen LogP contribution in [0.15, 0.2) is 60.1 Å². The molecule has 0 bridgehead atoms. The second-order valence-electron chi connectivity index (χ2n) is 8.70. The monoisotopic (exact) mass is 499 g/mol. The molecule has 0 atom stereocenters. The molecule has 3 aromatic heterocycles. The zero-order valence-electron chi connectivity index (χ0n) is 20.7. The van der Waals surface area contributed by atoms with Gasteiger partial charge in [-0.05, 0) is 62.7 Å². The maximum absolute atomic E-state index is 12.4. The third kappa shape index (κ3) is 5.89. The Labute approximate surface area is 214 Å². The van der Waals surface area contributed by atoms with Crippen LogP contribution in [0.3, 0.4) is 0 Å². The van der Waals surface area contributed by atoms with Gasteiger partial charge in [0.15, 0.2) is 17.3 Å². The third-order valence-corrected chi connectivity index (χ3v) is 6.19. The molecule has 1 aromatic carbocycles. The summed E-state index contributed by atoms with van der Waals surface area (Å²) in [4.78, 5) is 27.9. The van der Waals surface area contributed by atoms with E-state index >= 15 is 0 Å². The average Bonchev–Trinajstić information content (AvgIpc) is 3.62. The van der Waals surface area contributed by atoms with E-state index in [1.807, 2.05) is 24.3 Å². The molecule has 0 spiro atoms.